The van der Waals surface area contributed by atoms with Crippen molar-refractivity contribution < 1.29 is 22.4 Å². The minimum absolute atomic E-state index is 0.0825. The number of benzene rings is 2. The number of nitrogen functional groups attached to an aromatic ring is 1. The van der Waals surface area contributed by atoms with E-state index in [0.29, 0.717) is 17.2 Å². The van der Waals surface area contributed by atoms with Gasteiger partial charge in [-0.3, -0.25) is 0 Å². The topological polar surface area (TPSA) is 92.0 Å². The number of aromatic nitrogens is 4. The van der Waals surface area contributed by atoms with Crippen molar-refractivity contribution in [3.63, 3.8) is 0 Å². The van der Waals surface area contributed by atoms with Gasteiger partial charge in [0.05, 0.1) is 5.56 Å². The minimum atomic E-state index is -4.43. The number of hydrogen-bond acceptors (Lipinski definition) is 6. The molecule has 0 fully saturated rings. The van der Waals surface area contributed by atoms with Gasteiger partial charge in [0.25, 0.3) is 5.89 Å². The molecule has 4 aromatic rings. The van der Waals surface area contributed by atoms with Gasteiger partial charge in [-0.1, -0.05) is 23.4 Å². The minimum Gasteiger partial charge on any atom is -0.471 e. The third-order valence-corrected chi connectivity index (χ3v) is 4.43. The molecule has 2 N–H and O–H groups in total. The molecule has 0 atom stereocenters. The molecule has 2 heterocycles. The lowest BCUT2D eigenvalue weighted by molar-refractivity contribution is -0.137. The summed E-state index contributed by atoms with van der Waals surface area (Å²) in [6.07, 6.45) is -2.84. The van der Waals surface area contributed by atoms with Crippen LogP contribution < -0.4 is 10.5 Å². The summed E-state index contributed by atoms with van der Waals surface area (Å²) in [5.41, 5.74) is 7.75. The molecule has 0 saturated carbocycles. The molecule has 2 aromatic carbocycles. The lowest BCUT2D eigenvalue weighted by atomic mass is 10.1. The molecule has 0 saturated heterocycles. The van der Waals surface area contributed by atoms with Crippen molar-refractivity contribution in [2.45, 2.75) is 19.8 Å². The van der Waals surface area contributed by atoms with Crippen LogP contribution >= 0.6 is 0 Å². The summed E-state index contributed by atoms with van der Waals surface area (Å²) in [6, 6.07) is 11.7. The molecule has 0 amide bonds. The van der Waals surface area contributed by atoms with Crippen LogP contribution in [0.15, 0.2) is 59.3 Å². The molecule has 0 aliphatic rings. The zero-order valence-corrected chi connectivity index (χ0v) is 15.7. The second-order valence-electron chi connectivity index (χ2n) is 6.48. The van der Waals surface area contributed by atoms with Crippen LogP contribution in [0.2, 0.25) is 0 Å². The average Bonchev–Trinajstić information content (AvgIpc) is 3.37. The van der Waals surface area contributed by atoms with Gasteiger partial charge in [-0.15, -0.1) is 0 Å². The summed E-state index contributed by atoms with van der Waals surface area (Å²) in [6.45, 7) is 1.77. The third kappa shape index (κ3) is 3.97. The maximum atomic E-state index is 12.8. The third-order valence-electron chi connectivity index (χ3n) is 4.43. The molecule has 0 aliphatic heterocycles. The van der Waals surface area contributed by atoms with Crippen molar-refractivity contribution in [2.75, 3.05) is 5.73 Å². The van der Waals surface area contributed by atoms with Crippen molar-refractivity contribution in [1.82, 2.24) is 19.9 Å². The molecule has 0 radical (unpaired) electrons. The van der Waals surface area contributed by atoms with E-state index in [1.54, 1.807) is 24.4 Å². The molecule has 7 nitrogen and oxygen atoms in total. The highest BCUT2D eigenvalue weighted by Gasteiger charge is 2.30. The van der Waals surface area contributed by atoms with Crippen LogP contribution in [-0.4, -0.2) is 19.9 Å². The van der Waals surface area contributed by atoms with Crippen LogP contribution in [-0.2, 0) is 12.9 Å². The Balaban J connectivity index is 1.48. The first-order valence-electron chi connectivity index (χ1n) is 8.84. The predicted molar refractivity (Wildman–Crippen MR) is 102 cm³/mol. The number of anilines is 1. The number of rotatable bonds is 5. The van der Waals surface area contributed by atoms with Gasteiger partial charge in [0.15, 0.2) is 12.4 Å². The SMILES string of the molecule is Cc1c(N)cccc1-c1noc(-c2ccn(COc3cccc(C(F)(F)F)c3)n2)n1. The van der Waals surface area contributed by atoms with Crippen LogP contribution in [0.1, 0.15) is 11.1 Å². The molecule has 30 heavy (non-hydrogen) atoms. The zero-order chi connectivity index (χ0) is 21.3. The number of hydrogen-bond donors (Lipinski definition) is 1. The standard InChI is InChI=1S/C20H16F3N5O2/c1-12-15(6-3-7-16(12)24)18-25-19(30-27-18)17-8-9-28(26-17)11-29-14-5-2-4-13(10-14)20(21,22)23/h2-10H,11,24H2,1H3. The zero-order valence-electron chi connectivity index (χ0n) is 15.7. The average molecular weight is 415 g/mol. The highest BCUT2D eigenvalue weighted by Crippen LogP contribution is 2.31. The fourth-order valence-electron chi connectivity index (χ4n) is 2.78. The summed E-state index contributed by atoms with van der Waals surface area (Å²) >= 11 is 0. The van der Waals surface area contributed by atoms with E-state index in [0.717, 1.165) is 23.3 Å². The normalized spacial score (nSPS) is 11.6. The van der Waals surface area contributed by atoms with Crippen LogP contribution in [0.25, 0.3) is 23.0 Å². The van der Waals surface area contributed by atoms with Gasteiger partial charge >= 0.3 is 6.18 Å². The molecule has 0 aliphatic carbocycles. The number of halogens is 3. The Labute approximate surface area is 168 Å². The quantitative estimate of drug-likeness (QED) is 0.481. The van der Waals surface area contributed by atoms with Crippen molar-refractivity contribution in [1.29, 1.82) is 0 Å². The second-order valence-corrected chi connectivity index (χ2v) is 6.48. The van der Waals surface area contributed by atoms with E-state index in [-0.39, 0.29) is 18.4 Å². The van der Waals surface area contributed by atoms with E-state index in [4.69, 9.17) is 15.0 Å². The van der Waals surface area contributed by atoms with Crippen LogP contribution in [0.5, 0.6) is 5.75 Å². The fourth-order valence-corrected chi connectivity index (χ4v) is 2.78. The Morgan fingerprint density at radius 3 is 2.73 bits per heavy atom. The lowest BCUT2D eigenvalue weighted by Gasteiger charge is -2.10. The Morgan fingerprint density at radius 1 is 1.13 bits per heavy atom. The maximum absolute atomic E-state index is 12.8. The molecule has 2 aromatic heterocycles. The summed E-state index contributed by atoms with van der Waals surface area (Å²) in [5, 5.41) is 8.23. The molecule has 154 valence electrons. The Kier molecular flexibility index (Phi) is 4.90. The van der Waals surface area contributed by atoms with Crippen LogP contribution in [0.4, 0.5) is 18.9 Å². The molecular weight excluding hydrogens is 399 g/mol. The van der Waals surface area contributed by atoms with Crippen LogP contribution in [0, 0.1) is 6.92 Å². The van der Waals surface area contributed by atoms with Gasteiger partial charge in [0.2, 0.25) is 5.82 Å². The van der Waals surface area contributed by atoms with E-state index in [2.05, 4.69) is 15.2 Å². The van der Waals surface area contributed by atoms with Gasteiger partial charge < -0.3 is 15.0 Å². The molecule has 4 rings (SSSR count). The fraction of sp³-hybridized carbons (Fsp3) is 0.150. The summed E-state index contributed by atoms with van der Waals surface area (Å²) in [5.74, 6) is 0.660. The van der Waals surface area contributed by atoms with E-state index < -0.39 is 11.7 Å². The van der Waals surface area contributed by atoms with Gasteiger partial charge in [0, 0.05) is 17.4 Å². The van der Waals surface area contributed by atoms with E-state index in [1.807, 2.05) is 13.0 Å². The first kappa shape index (κ1) is 19.5. The highest BCUT2D eigenvalue weighted by atomic mass is 19.4. The van der Waals surface area contributed by atoms with Crippen LogP contribution in [0.3, 0.4) is 0 Å². The highest BCUT2D eigenvalue weighted by molar-refractivity contribution is 5.68. The molecule has 0 bridgehead atoms. The monoisotopic (exact) mass is 415 g/mol. The summed E-state index contributed by atoms with van der Waals surface area (Å²) in [7, 11) is 0. The molecular formula is C20H16F3N5O2. The van der Waals surface area contributed by atoms with E-state index in [9.17, 15) is 13.2 Å². The maximum Gasteiger partial charge on any atom is 0.416 e. The second kappa shape index (κ2) is 7.54. The van der Waals surface area contributed by atoms with E-state index in [1.165, 1.54) is 16.8 Å². The van der Waals surface area contributed by atoms with Crippen molar-refractivity contribution >= 4 is 5.69 Å². The summed E-state index contributed by atoms with van der Waals surface area (Å²) < 4.78 is 50.5. The van der Waals surface area contributed by atoms with E-state index >= 15 is 0 Å². The number of ether oxygens (including phenoxy) is 1. The van der Waals surface area contributed by atoms with Gasteiger partial charge in [-0.25, -0.2) is 4.68 Å². The van der Waals surface area contributed by atoms with Gasteiger partial charge in [-0.05, 0) is 42.8 Å². The van der Waals surface area contributed by atoms with Gasteiger partial charge in [-0.2, -0.15) is 23.3 Å². The summed E-state index contributed by atoms with van der Waals surface area (Å²) in [4.78, 5) is 4.35. The Bertz CT molecular complexity index is 1180. The smallest absolute Gasteiger partial charge is 0.416 e. The largest absolute Gasteiger partial charge is 0.471 e. The Hall–Kier alpha value is -3.82. The molecule has 0 unspecified atom stereocenters. The van der Waals surface area contributed by atoms with Crippen molar-refractivity contribution in [2.24, 2.45) is 0 Å². The first-order chi connectivity index (χ1) is 14.3. The first-order valence-corrected chi connectivity index (χ1v) is 8.84. The number of nitrogens with zero attached hydrogens (tertiary/aromatic N) is 4. The van der Waals surface area contributed by atoms with Crippen molar-refractivity contribution in [3.8, 4) is 28.7 Å². The molecule has 10 heteroatoms. The molecule has 0 spiro atoms. The number of nitrogens with two attached hydrogens (primary N) is 1. The van der Waals surface area contributed by atoms with Gasteiger partial charge in [0.1, 0.15) is 5.75 Å². The number of alkyl halides is 3. The predicted octanol–water partition coefficient (Wildman–Crippen LogP) is 4.55. The Morgan fingerprint density at radius 2 is 1.93 bits per heavy atom. The van der Waals surface area contributed by atoms with Crippen molar-refractivity contribution in [3.05, 3.63) is 65.9 Å². The lowest BCUT2D eigenvalue weighted by Crippen LogP contribution is -2.08.